The first-order chi connectivity index (χ1) is 10.7. The Morgan fingerprint density at radius 3 is 2.52 bits per heavy atom. The molecule has 0 heterocycles. The summed E-state index contributed by atoms with van der Waals surface area (Å²) >= 11 is 0. The first kappa shape index (κ1) is 18.3. The molecule has 1 aromatic carbocycles. The molecule has 1 amide bonds. The van der Waals surface area contributed by atoms with E-state index in [0.29, 0.717) is 0 Å². The van der Waals surface area contributed by atoms with Gasteiger partial charge in [0.25, 0.3) is 5.91 Å². The van der Waals surface area contributed by atoms with E-state index in [1.165, 1.54) is 25.3 Å². The Labute approximate surface area is 134 Å². The molecule has 23 heavy (non-hydrogen) atoms. The number of nitriles is 1. The van der Waals surface area contributed by atoms with Crippen molar-refractivity contribution in [1.82, 2.24) is 5.32 Å². The molecular weight excluding hydrogens is 300 g/mol. The molecule has 0 aliphatic heterocycles. The lowest BCUT2D eigenvalue weighted by Gasteiger charge is -2.27. The van der Waals surface area contributed by atoms with Crippen molar-refractivity contribution in [2.45, 2.75) is 26.3 Å². The van der Waals surface area contributed by atoms with Gasteiger partial charge in [-0.2, -0.15) is 5.26 Å². The van der Waals surface area contributed by atoms with E-state index in [1.807, 2.05) is 13.8 Å². The summed E-state index contributed by atoms with van der Waals surface area (Å²) < 4.78 is 10.4. The Bertz CT molecular complexity index is 636. The van der Waals surface area contributed by atoms with Gasteiger partial charge in [-0.25, -0.2) is 4.79 Å². The first-order valence-corrected chi connectivity index (χ1v) is 7.00. The third-order valence-electron chi connectivity index (χ3n) is 3.56. The van der Waals surface area contributed by atoms with E-state index in [-0.39, 0.29) is 29.6 Å². The van der Waals surface area contributed by atoms with Gasteiger partial charge in [0.05, 0.1) is 18.7 Å². The number of hydrogen-bond donors (Lipinski definition) is 2. The van der Waals surface area contributed by atoms with Crippen molar-refractivity contribution < 1.29 is 24.2 Å². The van der Waals surface area contributed by atoms with Crippen LogP contribution in [-0.4, -0.2) is 36.2 Å². The molecule has 1 rings (SSSR count). The zero-order chi connectivity index (χ0) is 17.6. The Hall–Kier alpha value is -2.75. The molecule has 1 atom stereocenters. The number of carbonyl (C=O) groups is 2. The smallest absolute Gasteiger partial charge is 0.335 e. The molecule has 0 radical (unpaired) electrons. The monoisotopic (exact) mass is 320 g/mol. The number of rotatable bonds is 7. The largest absolute Gasteiger partial charge is 0.493 e. The minimum atomic E-state index is -1.09. The van der Waals surface area contributed by atoms with Crippen LogP contribution in [0.5, 0.6) is 11.5 Å². The number of nitrogens with zero attached hydrogens (tertiary/aromatic N) is 1. The van der Waals surface area contributed by atoms with E-state index in [9.17, 15) is 14.9 Å². The van der Waals surface area contributed by atoms with E-state index in [1.54, 1.807) is 6.92 Å². The molecule has 0 aromatic heterocycles. The van der Waals surface area contributed by atoms with Crippen LogP contribution in [0.1, 0.15) is 31.1 Å². The van der Waals surface area contributed by atoms with Crippen molar-refractivity contribution in [3.8, 4) is 17.6 Å². The van der Waals surface area contributed by atoms with Crippen LogP contribution in [0.3, 0.4) is 0 Å². The molecule has 7 heteroatoms. The van der Waals surface area contributed by atoms with Crippen LogP contribution in [0.2, 0.25) is 0 Å². The van der Waals surface area contributed by atoms with E-state index in [2.05, 4.69) is 11.4 Å². The van der Waals surface area contributed by atoms with Crippen LogP contribution < -0.4 is 14.8 Å². The highest BCUT2D eigenvalue weighted by Gasteiger charge is 2.30. The number of methoxy groups -OCH3 is 1. The molecule has 0 aliphatic rings. The van der Waals surface area contributed by atoms with Crippen LogP contribution in [0, 0.1) is 17.2 Å². The highest BCUT2D eigenvalue weighted by atomic mass is 16.5. The second kappa shape index (κ2) is 7.49. The number of aromatic carboxylic acids is 1. The second-order valence-electron chi connectivity index (χ2n) is 5.48. The summed E-state index contributed by atoms with van der Waals surface area (Å²) in [7, 11) is 1.37. The van der Waals surface area contributed by atoms with Gasteiger partial charge in [0.15, 0.2) is 18.1 Å². The lowest BCUT2D eigenvalue weighted by Crippen LogP contribution is -2.50. The predicted octanol–water partition coefficient (Wildman–Crippen LogP) is 1.83. The number of carboxylic acid groups (broad SMARTS) is 1. The fourth-order valence-corrected chi connectivity index (χ4v) is 1.69. The number of benzene rings is 1. The molecule has 0 bridgehead atoms. The number of nitrogens with one attached hydrogen (secondary N) is 1. The fourth-order valence-electron chi connectivity index (χ4n) is 1.69. The predicted molar refractivity (Wildman–Crippen MR) is 82.4 cm³/mol. The first-order valence-electron chi connectivity index (χ1n) is 7.00. The topological polar surface area (TPSA) is 109 Å². The Balaban J connectivity index is 2.77. The average Bonchev–Trinajstić information content (AvgIpc) is 2.52. The zero-order valence-corrected chi connectivity index (χ0v) is 13.5. The quantitative estimate of drug-likeness (QED) is 0.793. The average molecular weight is 320 g/mol. The molecular formula is C16H20N2O5. The van der Waals surface area contributed by atoms with Gasteiger partial charge in [-0.15, -0.1) is 0 Å². The van der Waals surface area contributed by atoms with Gasteiger partial charge in [0, 0.05) is 0 Å². The summed E-state index contributed by atoms with van der Waals surface area (Å²) in [6.07, 6.45) is 0. The van der Waals surface area contributed by atoms with E-state index in [4.69, 9.17) is 14.6 Å². The fraction of sp³-hybridized carbons (Fsp3) is 0.438. The van der Waals surface area contributed by atoms with E-state index < -0.39 is 17.4 Å². The summed E-state index contributed by atoms with van der Waals surface area (Å²) in [4.78, 5) is 22.9. The second-order valence-corrected chi connectivity index (χ2v) is 5.48. The third-order valence-corrected chi connectivity index (χ3v) is 3.56. The highest BCUT2D eigenvalue weighted by molar-refractivity contribution is 5.88. The summed E-state index contributed by atoms with van der Waals surface area (Å²) in [5, 5.41) is 20.7. The maximum Gasteiger partial charge on any atom is 0.335 e. The van der Waals surface area contributed by atoms with Crippen molar-refractivity contribution >= 4 is 11.9 Å². The molecule has 2 N–H and O–H groups in total. The van der Waals surface area contributed by atoms with Crippen molar-refractivity contribution in [3.05, 3.63) is 23.8 Å². The summed E-state index contributed by atoms with van der Waals surface area (Å²) in [6.45, 7) is 4.99. The van der Waals surface area contributed by atoms with Gasteiger partial charge < -0.3 is 19.9 Å². The van der Waals surface area contributed by atoms with Crippen molar-refractivity contribution in [3.63, 3.8) is 0 Å². The molecule has 0 saturated carbocycles. The summed E-state index contributed by atoms with van der Waals surface area (Å²) in [5.41, 5.74) is -0.937. The van der Waals surface area contributed by atoms with Crippen molar-refractivity contribution in [1.29, 1.82) is 5.26 Å². The Morgan fingerprint density at radius 1 is 1.39 bits per heavy atom. The standard InChI is InChI=1S/C16H20N2O5/c1-10(2)16(3,9-17)18-14(19)8-23-12-6-5-11(15(20)21)7-13(12)22-4/h5-7,10H,8H2,1-4H3,(H,18,19)(H,20,21). The Morgan fingerprint density at radius 2 is 2.04 bits per heavy atom. The molecule has 0 aliphatic carbocycles. The highest BCUT2D eigenvalue weighted by Crippen LogP contribution is 2.28. The summed E-state index contributed by atoms with van der Waals surface area (Å²) in [6, 6.07) is 6.15. The van der Waals surface area contributed by atoms with Gasteiger partial charge in [0.1, 0.15) is 5.54 Å². The van der Waals surface area contributed by atoms with Gasteiger partial charge in [-0.05, 0) is 31.0 Å². The molecule has 124 valence electrons. The Kier molecular flexibility index (Phi) is 5.96. The maximum absolute atomic E-state index is 11.9. The number of ether oxygens (including phenoxy) is 2. The lowest BCUT2D eigenvalue weighted by molar-refractivity contribution is -0.124. The summed E-state index contributed by atoms with van der Waals surface area (Å²) in [5.74, 6) is -1.15. The van der Waals surface area contributed by atoms with Crippen molar-refractivity contribution in [2.24, 2.45) is 5.92 Å². The zero-order valence-electron chi connectivity index (χ0n) is 13.5. The third kappa shape index (κ3) is 4.61. The number of carbonyl (C=O) groups excluding carboxylic acids is 1. The molecule has 1 aromatic rings. The molecule has 1 unspecified atom stereocenters. The van der Waals surface area contributed by atoms with Crippen LogP contribution in [0.15, 0.2) is 18.2 Å². The number of carboxylic acids is 1. The van der Waals surface area contributed by atoms with Crippen LogP contribution in [-0.2, 0) is 4.79 Å². The van der Waals surface area contributed by atoms with Crippen molar-refractivity contribution in [2.75, 3.05) is 13.7 Å². The minimum absolute atomic E-state index is 0.0514. The SMILES string of the molecule is COc1cc(C(=O)O)ccc1OCC(=O)NC(C)(C#N)C(C)C. The number of hydrogen-bond acceptors (Lipinski definition) is 5. The maximum atomic E-state index is 11.9. The molecule has 7 nitrogen and oxygen atoms in total. The van der Waals surface area contributed by atoms with Gasteiger partial charge in [0.2, 0.25) is 0 Å². The number of amides is 1. The van der Waals surface area contributed by atoms with Crippen LogP contribution in [0.4, 0.5) is 0 Å². The van der Waals surface area contributed by atoms with Crippen LogP contribution in [0.25, 0.3) is 0 Å². The van der Waals surface area contributed by atoms with E-state index in [0.717, 1.165) is 0 Å². The lowest BCUT2D eigenvalue weighted by atomic mass is 9.90. The molecule has 0 spiro atoms. The van der Waals surface area contributed by atoms with Crippen LogP contribution >= 0.6 is 0 Å². The normalized spacial score (nSPS) is 12.9. The van der Waals surface area contributed by atoms with Gasteiger partial charge in [-0.1, -0.05) is 13.8 Å². The molecule has 0 fully saturated rings. The van der Waals surface area contributed by atoms with Gasteiger partial charge >= 0.3 is 5.97 Å². The minimum Gasteiger partial charge on any atom is -0.493 e. The van der Waals surface area contributed by atoms with E-state index >= 15 is 0 Å². The van der Waals surface area contributed by atoms with Gasteiger partial charge in [-0.3, -0.25) is 4.79 Å². The molecule has 0 saturated heterocycles.